The lowest BCUT2D eigenvalue weighted by Crippen LogP contribution is -2.46. The zero-order valence-corrected chi connectivity index (χ0v) is 11.6. The maximum atomic E-state index is 12.3. The van der Waals surface area contributed by atoms with Crippen LogP contribution in [0.1, 0.15) is 46.0 Å². The van der Waals surface area contributed by atoms with Crippen molar-refractivity contribution in [2.45, 2.75) is 70.2 Å². The minimum absolute atomic E-state index is 0.0107. The fourth-order valence-electron chi connectivity index (χ4n) is 3.51. The lowest BCUT2D eigenvalue weighted by Gasteiger charge is -2.30. The highest BCUT2D eigenvalue weighted by atomic mass is 16.2. The first kappa shape index (κ1) is 12.4. The van der Waals surface area contributed by atoms with E-state index in [9.17, 15) is 4.79 Å². The molecule has 3 fully saturated rings. The zero-order chi connectivity index (χ0) is 12.7. The third-order valence-corrected chi connectivity index (χ3v) is 4.62. The van der Waals surface area contributed by atoms with Crippen LogP contribution in [0.2, 0.25) is 0 Å². The Morgan fingerprint density at radius 2 is 2.06 bits per heavy atom. The van der Waals surface area contributed by atoms with Gasteiger partial charge in [0.15, 0.2) is 0 Å². The quantitative estimate of drug-likeness (QED) is 0.814. The number of hydrogen-bond acceptors (Lipinski definition) is 3. The first-order valence-electron chi connectivity index (χ1n) is 7.53. The first-order valence-corrected chi connectivity index (χ1v) is 7.53. The van der Waals surface area contributed by atoms with Crippen LogP contribution in [0, 0.1) is 0 Å². The molecule has 1 amide bonds. The predicted octanol–water partition coefficient (Wildman–Crippen LogP) is 1.17. The van der Waals surface area contributed by atoms with Gasteiger partial charge in [0.2, 0.25) is 5.91 Å². The highest BCUT2D eigenvalue weighted by molar-refractivity contribution is 5.84. The van der Waals surface area contributed by atoms with E-state index in [-0.39, 0.29) is 12.2 Å². The predicted molar refractivity (Wildman–Crippen MR) is 71.1 cm³/mol. The van der Waals surface area contributed by atoms with Gasteiger partial charge in [-0.05, 0) is 32.6 Å². The van der Waals surface area contributed by atoms with Crippen LogP contribution in [0.15, 0.2) is 0 Å². The number of nitrogens with zero attached hydrogens (tertiary/aromatic N) is 2. The van der Waals surface area contributed by atoms with Gasteiger partial charge < -0.3 is 4.90 Å². The van der Waals surface area contributed by atoms with Crippen LogP contribution >= 0.6 is 0 Å². The minimum Gasteiger partial charge on any atom is -0.321 e. The summed E-state index contributed by atoms with van der Waals surface area (Å²) in [6.45, 7) is 6.48. The molecule has 0 aromatic heterocycles. The molecule has 0 aromatic rings. The number of rotatable bonds is 4. The summed E-state index contributed by atoms with van der Waals surface area (Å²) in [5, 5.41) is 3.45. The number of likely N-dealkylation sites (tertiary alicyclic amines) is 1. The van der Waals surface area contributed by atoms with Gasteiger partial charge in [0.1, 0.15) is 0 Å². The molecule has 1 saturated carbocycles. The van der Waals surface area contributed by atoms with E-state index in [0.717, 1.165) is 31.8 Å². The van der Waals surface area contributed by atoms with E-state index < -0.39 is 0 Å². The summed E-state index contributed by atoms with van der Waals surface area (Å²) in [6, 6.07) is 1.30. The summed E-state index contributed by atoms with van der Waals surface area (Å²) in [6.07, 6.45) is 6.39. The highest BCUT2D eigenvalue weighted by Gasteiger charge is 2.44. The Morgan fingerprint density at radius 3 is 2.72 bits per heavy atom. The smallest absolute Gasteiger partial charge is 0.241 e. The molecule has 3 unspecified atom stereocenters. The van der Waals surface area contributed by atoms with Crippen molar-refractivity contribution in [1.82, 2.24) is 15.1 Å². The number of carbonyl (C=O) groups is 1. The highest BCUT2D eigenvalue weighted by Crippen LogP contribution is 2.32. The number of carbonyl (C=O) groups excluding carboxylic acids is 1. The first-order chi connectivity index (χ1) is 8.70. The third kappa shape index (κ3) is 2.16. The van der Waals surface area contributed by atoms with Crippen LogP contribution in [0.3, 0.4) is 0 Å². The Kier molecular flexibility index (Phi) is 3.32. The van der Waals surface area contributed by atoms with Gasteiger partial charge in [0.05, 0.1) is 12.2 Å². The molecule has 2 saturated heterocycles. The van der Waals surface area contributed by atoms with Crippen molar-refractivity contribution in [3.63, 3.8) is 0 Å². The summed E-state index contributed by atoms with van der Waals surface area (Å²) in [7, 11) is 0. The molecule has 4 nitrogen and oxygen atoms in total. The van der Waals surface area contributed by atoms with E-state index in [4.69, 9.17) is 0 Å². The van der Waals surface area contributed by atoms with Gasteiger partial charge in [0, 0.05) is 25.2 Å². The molecule has 1 aliphatic carbocycles. The average molecular weight is 251 g/mol. The lowest BCUT2D eigenvalue weighted by molar-refractivity contribution is -0.131. The monoisotopic (exact) mass is 251 g/mol. The maximum absolute atomic E-state index is 12.3. The maximum Gasteiger partial charge on any atom is 0.241 e. The van der Waals surface area contributed by atoms with Gasteiger partial charge >= 0.3 is 0 Å². The molecule has 0 radical (unpaired) electrons. The Labute approximate surface area is 110 Å². The normalized spacial score (nSPS) is 37.8. The Hall–Kier alpha value is -0.610. The molecular weight excluding hydrogens is 226 g/mol. The minimum atomic E-state index is 0.0107. The molecule has 2 aliphatic heterocycles. The second-order valence-corrected chi connectivity index (χ2v) is 6.11. The topological polar surface area (TPSA) is 35.6 Å². The average Bonchev–Trinajstić information content (AvgIpc) is 3.02. The second kappa shape index (κ2) is 4.82. The second-order valence-electron chi connectivity index (χ2n) is 6.11. The summed E-state index contributed by atoms with van der Waals surface area (Å²) in [5.41, 5.74) is 0. The number of hydrogen-bond donors (Lipinski definition) is 1. The van der Waals surface area contributed by atoms with Gasteiger partial charge in [-0.25, -0.2) is 0 Å². The van der Waals surface area contributed by atoms with Crippen molar-refractivity contribution in [2.75, 3.05) is 13.1 Å². The SMILES string of the molecule is CCCC1NC(C)C(=O)N1C1CCN(C2CC2)C1. The van der Waals surface area contributed by atoms with Crippen molar-refractivity contribution in [1.29, 1.82) is 0 Å². The van der Waals surface area contributed by atoms with E-state index in [1.165, 1.54) is 19.4 Å². The van der Waals surface area contributed by atoms with Gasteiger partial charge in [-0.1, -0.05) is 13.3 Å². The summed E-state index contributed by atoms with van der Waals surface area (Å²) < 4.78 is 0. The van der Waals surface area contributed by atoms with Crippen molar-refractivity contribution in [3.05, 3.63) is 0 Å². The van der Waals surface area contributed by atoms with Crippen LogP contribution < -0.4 is 5.32 Å². The summed E-state index contributed by atoms with van der Waals surface area (Å²) >= 11 is 0. The van der Waals surface area contributed by atoms with Crippen LogP contribution in [-0.4, -0.2) is 53.1 Å². The molecular formula is C14H25N3O. The van der Waals surface area contributed by atoms with Crippen molar-refractivity contribution in [2.24, 2.45) is 0 Å². The van der Waals surface area contributed by atoms with Crippen LogP contribution in [0.25, 0.3) is 0 Å². The summed E-state index contributed by atoms with van der Waals surface area (Å²) in [4.78, 5) is 17.1. The fraction of sp³-hybridized carbons (Fsp3) is 0.929. The van der Waals surface area contributed by atoms with Crippen molar-refractivity contribution >= 4 is 5.91 Å². The number of nitrogens with one attached hydrogen (secondary N) is 1. The van der Waals surface area contributed by atoms with Gasteiger partial charge in [0.25, 0.3) is 0 Å². The van der Waals surface area contributed by atoms with Crippen molar-refractivity contribution in [3.8, 4) is 0 Å². The van der Waals surface area contributed by atoms with E-state index in [1.807, 2.05) is 6.92 Å². The molecule has 2 heterocycles. The molecule has 0 spiro atoms. The zero-order valence-electron chi connectivity index (χ0n) is 11.6. The number of amides is 1. The Balaban J connectivity index is 1.67. The van der Waals surface area contributed by atoms with Crippen LogP contribution in [0.5, 0.6) is 0 Å². The Morgan fingerprint density at radius 1 is 1.28 bits per heavy atom. The van der Waals surface area contributed by atoms with Gasteiger partial charge in [-0.3, -0.25) is 15.0 Å². The molecule has 102 valence electrons. The third-order valence-electron chi connectivity index (χ3n) is 4.62. The van der Waals surface area contributed by atoms with E-state index in [0.29, 0.717) is 11.9 Å². The molecule has 0 bridgehead atoms. The fourth-order valence-corrected chi connectivity index (χ4v) is 3.51. The summed E-state index contributed by atoms with van der Waals surface area (Å²) in [5.74, 6) is 0.316. The van der Waals surface area contributed by atoms with E-state index in [1.54, 1.807) is 0 Å². The van der Waals surface area contributed by atoms with Crippen molar-refractivity contribution < 1.29 is 4.79 Å². The Bertz CT molecular complexity index is 329. The molecule has 1 N–H and O–H groups in total. The molecule has 3 atom stereocenters. The van der Waals surface area contributed by atoms with Crippen LogP contribution in [-0.2, 0) is 4.79 Å². The van der Waals surface area contributed by atoms with Gasteiger partial charge in [-0.2, -0.15) is 0 Å². The molecule has 18 heavy (non-hydrogen) atoms. The lowest BCUT2D eigenvalue weighted by atomic mass is 10.1. The largest absolute Gasteiger partial charge is 0.321 e. The molecule has 3 rings (SSSR count). The molecule has 3 aliphatic rings. The standard InChI is InChI=1S/C14H25N3O/c1-3-4-13-15-10(2)14(18)17(13)12-7-8-16(9-12)11-5-6-11/h10-13,15H,3-9H2,1-2H3. The van der Waals surface area contributed by atoms with Gasteiger partial charge in [-0.15, -0.1) is 0 Å². The molecule has 4 heteroatoms. The van der Waals surface area contributed by atoms with E-state index in [2.05, 4.69) is 22.0 Å². The molecule has 0 aromatic carbocycles. The van der Waals surface area contributed by atoms with Crippen LogP contribution in [0.4, 0.5) is 0 Å². The van der Waals surface area contributed by atoms with E-state index >= 15 is 0 Å².